The van der Waals surface area contributed by atoms with Gasteiger partial charge < -0.3 is 13.8 Å². The first-order valence-electron chi connectivity index (χ1n) is 6.27. The van der Waals surface area contributed by atoms with Crippen molar-refractivity contribution in [1.82, 2.24) is 14.7 Å². The standard InChI is InChI=1S/C13H14N4O2/c1-17-8-9(7-14)5-11(17)13-15-12(16-19-13)6-10-3-2-4-18-10/h5,8,10H,2-4,6H2,1H3/t10-/m0/s1. The van der Waals surface area contributed by atoms with Gasteiger partial charge in [-0.15, -0.1) is 0 Å². The summed E-state index contributed by atoms with van der Waals surface area (Å²) >= 11 is 0. The molecule has 3 rings (SSSR count). The van der Waals surface area contributed by atoms with Crippen LogP contribution in [0.15, 0.2) is 16.8 Å². The largest absolute Gasteiger partial charge is 0.378 e. The van der Waals surface area contributed by atoms with Crippen LogP contribution in [0.2, 0.25) is 0 Å². The lowest BCUT2D eigenvalue weighted by atomic mass is 10.2. The van der Waals surface area contributed by atoms with Crippen molar-refractivity contribution in [2.45, 2.75) is 25.4 Å². The predicted molar refractivity (Wildman–Crippen MR) is 66.1 cm³/mol. The summed E-state index contributed by atoms with van der Waals surface area (Å²) in [5, 5.41) is 12.8. The van der Waals surface area contributed by atoms with Crippen LogP contribution in [0.1, 0.15) is 24.2 Å². The van der Waals surface area contributed by atoms with Crippen molar-refractivity contribution >= 4 is 0 Å². The van der Waals surface area contributed by atoms with Gasteiger partial charge in [-0.05, 0) is 18.9 Å². The van der Waals surface area contributed by atoms with Gasteiger partial charge >= 0.3 is 0 Å². The van der Waals surface area contributed by atoms with Gasteiger partial charge in [0.1, 0.15) is 11.8 Å². The number of hydrogen-bond acceptors (Lipinski definition) is 5. The van der Waals surface area contributed by atoms with Crippen molar-refractivity contribution in [3.8, 4) is 17.7 Å². The maximum absolute atomic E-state index is 8.87. The minimum atomic E-state index is 0.202. The number of aryl methyl sites for hydroxylation is 1. The number of aromatic nitrogens is 3. The molecule has 0 radical (unpaired) electrons. The molecule has 0 N–H and O–H groups in total. The zero-order valence-electron chi connectivity index (χ0n) is 10.7. The van der Waals surface area contributed by atoms with Gasteiger partial charge in [0.15, 0.2) is 5.82 Å². The summed E-state index contributed by atoms with van der Waals surface area (Å²) in [5.74, 6) is 1.10. The van der Waals surface area contributed by atoms with Crippen molar-refractivity contribution in [2.75, 3.05) is 6.61 Å². The third kappa shape index (κ3) is 2.37. The van der Waals surface area contributed by atoms with Gasteiger partial charge in [0.05, 0.1) is 11.7 Å². The van der Waals surface area contributed by atoms with Gasteiger partial charge in [-0.3, -0.25) is 0 Å². The fraction of sp³-hybridized carbons (Fsp3) is 0.462. The fourth-order valence-electron chi connectivity index (χ4n) is 2.29. The zero-order chi connectivity index (χ0) is 13.2. The number of ether oxygens (including phenoxy) is 1. The molecule has 1 aliphatic rings. The highest BCUT2D eigenvalue weighted by Gasteiger charge is 2.20. The van der Waals surface area contributed by atoms with Crippen molar-refractivity contribution in [3.05, 3.63) is 23.7 Å². The van der Waals surface area contributed by atoms with Crippen LogP contribution in [0.4, 0.5) is 0 Å². The first kappa shape index (κ1) is 11.9. The van der Waals surface area contributed by atoms with Gasteiger partial charge in [-0.25, -0.2) is 0 Å². The van der Waals surface area contributed by atoms with Crippen molar-refractivity contribution in [1.29, 1.82) is 5.26 Å². The Morgan fingerprint density at radius 3 is 3.16 bits per heavy atom. The van der Waals surface area contributed by atoms with Gasteiger partial charge in [0.25, 0.3) is 5.89 Å². The lowest BCUT2D eigenvalue weighted by molar-refractivity contribution is 0.109. The zero-order valence-corrected chi connectivity index (χ0v) is 10.7. The summed E-state index contributed by atoms with van der Waals surface area (Å²) in [4.78, 5) is 4.36. The average Bonchev–Trinajstić information content (AvgIpc) is 3.10. The van der Waals surface area contributed by atoms with Crippen LogP contribution >= 0.6 is 0 Å². The second kappa shape index (κ2) is 4.86. The molecule has 19 heavy (non-hydrogen) atoms. The number of nitriles is 1. The summed E-state index contributed by atoms with van der Waals surface area (Å²) in [5.41, 5.74) is 1.33. The van der Waals surface area contributed by atoms with E-state index in [1.807, 2.05) is 11.6 Å². The van der Waals surface area contributed by atoms with E-state index in [1.54, 1.807) is 12.3 Å². The second-order valence-corrected chi connectivity index (χ2v) is 4.69. The van der Waals surface area contributed by atoms with Crippen molar-refractivity contribution in [2.24, 2.45) is 7.05 Å². The minimum absolute atomic E-state index is 0.202. The smallest absolute Gasteiger partial charge is 0.274 e. The Kier molecular flexibility index (Phi) is 3.05. The first-order chi connectivity index (χ1) is 9.26. The van der Waals surface area contributed by atoms with Crippen LogP contribution < -0.4 is 0 Å². The van der Waals surface area contributed by atoms with E-state index in [1.165, 1.54) is 0 Å². The van der Waals surface area contributed by atoms with E-state index in [9.17, 15) is 0 Å². The Hall–Kier alpha value is -2.13. The maximum atomic E-state index is 8.87. The molecule has 1 aliphatic heterocycles. The molecule has 0 bridgehead atoms. The van der Waals surface area contributed by atoms with Crippen LogP contribution in [0, 0.1) is 11.3 Å². The van der Waals surface area contributed by atoms with E-state index >= 15 is 0 Å². The number of nitrogens with zero attached hydrogens (tertiary/aromatic N) is 4. The minimum Gasteiger partial charge on any atom is -0.378 e. The quantitative estimate of drug-likeness (QED) is 0.836. The van der Waals surface area contributed by atoms with Crippen LogP contribution in [0.3, 0.4) is 0 Å². The normalized spacial score (nSPS) is 18.6. The molecule has 0 saturated carbocycles. The molecule has 3 heterocycles. The molecule has 0 aliphatic carbocycles. The summed E-state index contributed by atoms with van der Waals surface area (Å²) in [6, 6.07) is 3.83. The highest BCUT2D eigenvalue weighted by molar-refractivity contribution is 5.52. The molecule has 2 aromatic heterocycles. The SMILES string of the molecule is Cn1cc(C#N)cc1-c1nc(C[C@@H]2CCCO2)no1. The highest BCUT2D eigenvalue weighted by Crippen LogP contribution is 2.21. The average molecular weight is 258 g/mol. The fourth-order valence-corrected chi connectivity index (χ4v) is 2.29. The van der Waals surface area contributed by atoms with Crippen LogP contribution in [-0.4, -0.2) is 27.4 Å². The Balaban J connectivity index is 1.80. The molecule has 98 valence electrons. The van der Waals surface area contributed by atoms with Gasteiger partial charge in [0, 0.05) is 26.3 Å². The van der Waals surface area contributed by atoms with Gasteiger partial charge in [-0.1, -0.05) is 5.16 Å². The first-order valence-corrected chi connectivity index (χ1v) is 6.27. The summed E-state index contributed by atoms with van der Waals surface area (Å²) in [6.07, 6.45) is 4.76. The van der Waals surface area contributed by atoms with E-state index in [4.69, 9.17) is 14.5 Å². The highest BCUT2D eigenvalue weighted by atomic mass is 16.5. The van der Waals surface area contributed by atoms with Crippen molar-refractivity contribution < 1.29 is 9.26 Å². The molecule has 1 atom stereocenters. The van der Waals surface area contributed by atoms with Crippen LogP contribution in [-0.2, 0) is 18.2 Å². The molecule has 0 unspecified atom stereocenters. The van der Waals surface area contributed by atoms with E-state index in [2.05, 4.69) is 16.2 Å². The third-order valence-corrected chi connectivity index (χ3v) is 3.26. The van der Waals surface area contributed by atoms with E-state index in [0.717, 1.165) is 25.1 Å². The Morgan fingerprint density at radius 1 is 1.58 bits per heavy atom. The Morgan fingerprint density at radius 2 is 2.47 bits per heavy atom. The summed E-state index contributed by atoms with van der Waals surface area (Å²) < 4.78 is 12.6. The molecule has 2 aromatic rings. The van der Waals surface area contributed by atoms with Gasteiger partial charge in [-0.2, -0.15) is 10.2 Å². The van der Waals surface area contributed by atoms with E-state index in [-0.39, 0.29) is 6.10 Å². The topological polar surface area (TPSA) is 76.9 Å². The molecule has 1 saturated heterocycles. The Bertz CT molecular complexity index is 617. The Labute approximate surface area is 110 Å². The molecule has 1 fully saturated rings. The monoisotopic (exact) mass is 258 g/mol. The van der Waals surface area contributed by atoms with Gasteiger partial charge in [0.2, 0.25) is 0 Å². The molecule has 0 amide bonds. The second-order valence-electron chi connectivity index (χ2n) is 4.69. The lowest BCUT2D eigenvalue weighted by Crippen LogP contribution is -2.09. The molecular weight excluding hydrogens is 244 g/mol. The summed E-state index contributed by atoms with van der Waals surface area (Å²) in [6.45, 7) is 0.818. The van der Waals surface area contributed by atoms with Crippen LogP contribution in [0.25, 0.3) is 11.6 Å². The predicted octanol–water partition coefficient (Wildman–Crippen LogP) is 1.67. The molecule has 6 nitrogen and oxygen atoms in total. The van der Waals surface area contributed by atoms with E-state index in [0.29, 0.717) is 23.7 Å². The number of hydrogen-bond donors (Lipinski definition) is 0. The maximum Gasteiger partial charge on any atom is 0.274 e. The van der Waals surface area contributed by atoms with Crippen molar-refractivity contribution in [3.63, 3.8) is 0 Å². The molecular formula is C13H14N4O2. The van der Waals surface area contributed by atoms with E-state index < -0.39 is 0 Å². The van der Waals surface area contributed by atoms with Crippen LogP contribution in [0.5, 0.6) is 0 Å². The lowest BCUT2D eigenvalue weighted by Gasteiger charge is -2.03. The molecule has 0 spiro atoms. The third-order valence-electron chi connectivity index (χ3n) is 3.26. The molecule has 0 aromatic carbocycles. The summed E-state index contributed by atoms with van der Waals surface area (Å²) in [7, 11) is 1.85. The molecule has 6 heteroatoms. The number of rotatable bonds is 3.